The van der Waals surface area contributed by atoms with Crippen molar-refractivity contribution in [3.8, 4) is 0 Å². The van der Waals surface area contributed by atoms with Crippen molar-refractivity contribution in [1.29, 1.82) is 0 Å². The molecular formula is C21H32N4OS. The fourth-order valence-corrected chi connectivity index (χ4v) is 4.72. The number of aliphatic imine (C=N–C) groups is 1. The molecule has 148 valence electrons. The summed E-state index contributed by atoms with van der Waals surface area (Å²) in [7, 11) is 1.78. The van der Waals surface area contributed by atoms with Gasteiger partial charge in [0.1, 0.15) is 6.10 Å². The highest BCUT2D eigenvalue weighted by Crippen LogP contribution is 2.29. The first-order chi connectivity index (χ1) is 13.2. The number of fused-ring (bicyclic) bond motifs is 1. The summed E-state index contributed by atoms with van der Waals surface area (Å²) in [6.07, 6.45) is 3.24. The van der Waals surface area contributed by atoms with Gasteiger partial charge in [-0.25, -0.2) is 0 Å². The highest BCUT2D eigenvalue weighted by Gasteiger charge is 2.18. The SMILES string of the molecule is CCN1CCC(CCNC(=NC)NCC(O)c2cc3ccccc3s2)CC1. The summed E-state index contributed by atoms with van der Waals surface area (Å²) < 4.78 is 1.21. The number of thiophene rings is 1. The lowest BCUT2D eigenvalue weighted by Gasteiger charge is -2.31. The zero-order valence-corrected chi connectivity index (χ0v) is 17.3. The summed E-state index contributed by atoms with van der Waals surface area (Å²) in [5.41, 5.74) is 0. The van der Waals surface area contributed by atoms with Crippen molar-refractivity contribution in [2.45, 2.75) is 32.3 Å². The van der Waals surface area contributed by atoms with Crippen molar-refractivity contribution in [1.82, 2.24) is 15.5 Å². The summed E-state index contributed by atoms with van der Waals surface area (Å²) in [4.78, 5) is 7.80. The van der Waals surface area contributed by atoms with E-state index in [1.807, 2.05) is 12.1 Å². The van der Waals surface area contributed by atoms with E-state index in [4.69, 9.17) is 0 Å². The standard InChI is InChI=1S/C21H32N4OS/c1-3-25-12-9-16(10-13-25)8-11-23-21(22-2)24-15-18(26)20-14-17-6-4-5-7-19(17)27-20/h4-7,14,16,18,26H,3,8-13,15H2,1-2H3,(H2,22,23,24). The summed E-state index contributed by atoms with van der Waals surface area (Å²) >= 11 is 1.65. The van der Waals surface area contributed by atoms with E-state index >= 15 is 0 Å². The number of aliphatic hydroxyl groups is 1. The third kappa shape index (κ3) is 5.67. The maximum atomic E-state index is 10.5. The fraction of sp³-hybridized carbons (Fsp3) is 0.571. The van der Waals surface area contributed by atoms with Crippen molar-refractivity contribution in [2.75, 3.05) is 39.8 Å². The Morgan fingerprint density at radius 3 is 2.78 bits per heavy atom. The van der Waals surface area contributed by atoms with Crippen LogP contribution in [0.3, 0.4) is 0 Å². The molecule has 5 nitrogen and oxygen atoms in total. The van der Waals surface area contributed by atoms with Gasteiger partial charge in [0.15, 0.2) is 5.96 Å². The van der Waals surface area contributed by atoms with Crippen LogP contribution in [-0.2, 0) is 0 Å². The molecule has 1 aliphatic rings. The van der Waals surface area contributed by atoms with Crippen molar-refractivity contribution in [2.24, 2.45) is 10.9 Å². The number of rotatable bonds is 7. The average molecular weight is 389 g/mol. The van der Waals surface area contributed by atoms with Gasteiger partial charge in [0.2, 0.25) is 0 Å². The molecule has 0 radical (unpaired) electrons. The van der Waals surface area contributed by atoms with Gasteiger partial charge in [-0.3, -0.25) is 4.99 Å². The Kier molecular flexibility index (Phi) is 7.50. The predicted octanol–water partition coefficient (Wildman–Crippen LogP) is 3.22. The van der Waals surface area contributed by atoms with Gasteiger partial charge >= 0.3 is 0 Å². The maximum Gasteiger partial charge on any atom is 0.191 e. The number of piperidine rings is 1. The van der Waals surface area contributed by atoms with Crippen LogP contribution in [0.4, 0.5) is 0 Å². The second-order valence-electron chi connectivity index (χ2n) is 7.25. The van der Waals surface area contributed by atoms with Gasteiger partial charge in [0.05, 0.1) is 0 Å². The van der Waals surface area contributed by atoms with E-state index in [0.717, 1.165) is 23.3 Å². The van der Waals surface area contributed by atoms with Crippen LogP contribution in [0.5, 0.6) is 0 Å². The molecule has 0 bridgehead atoms. The lowest BCUT2D eigenvalue weighted by atomic mass is 9.93. The van der Waals surface area contributed by atoms with Gasteiger partial charge in [0, 0.05) is 29.7 Å². The Hall–Kier alpha value is -1.63. The molecule has 0 amide bonds. The maximum absolute atomic E-state index is 10.5. The molecule has 1 aromatic carbocycles. The molecule has 27 heavy (non-hydrogen) atoms. The Morgan fingerprint density at radius 1 is 1.30 bits per heavy atom. The number of guanidine groups is 1. The molecule has 0 aliphatic carbocycles. The molecule has 0 saturated carbocycles. The van der Waals surface area contributed by atoms with Crippen LogP contribution in [0.25, 0.3) is 10.1 Å². The van der Waals surface area contributed by atoms with Crippen molar-refractivity contribution in [3.63, 3.8) is 0 Å². The lowest BCUT2D eigenvalue weighted by Crippen LogP contribution is -2.40. The van der Waals surface area contributed by atoms with Crippen LogP contribution >= 0.6 is 11.3 Å². The van der Waals surface area contributed by atoms with Gasteiger partial charge < -0.3 is 20.6 Å². The van der Waals surface area contributed by atoms with E-state index in [1.54, 1.807) is 18.4 Å². The molecule has 6 heteroatoms. The number of nitrogens with zero attached hydrogens (tertiary/aromatic N) is 2. The quantitative estimate of drug-likeness (QED) is 0.503. The number of benzene rings is 1. The lowest BCUT2D eigenvalue weighted by molar-refractivity contribution is 0.184. The van der Waals surface area contributed by atoms with E-state index < -0.39 is 6.10 Å². The summed E-state index contributed by atoms with van der Waals surface area (Å²) in [6.45, 7) is 7.26. The minimum absolute atomic E-state index is 0.460. The van der Waals surface area contributed by atoms with Gasteiger partial charge in [-0.05, 0) is 62.3 Å². The second kappa shape index (κ2) is 10.1. The molecule has 2 aromatic rings. The zero-order chi connectivity index (χ0) is 19.1. The summed E-state index contributed by atoms with van der Waals surface area (Å²) in [5.74, 6) is 1.57. The largest absolute Gasteiger partial charge is 0.386 e. The Bertz CT molecular complexity index is 704. The van der Waals surface area contributed by atoms with Crippen LogP contribution in [0.1, 0.15) is 37.2 Å². The molecule has 1 unspecified atom stereocenters. The Labute approximate surface area is 166 Å². The smallest absolute Gasteiger partial charge is 0.191 e. The second-order valence-corrected chi connectivity index (χ2v) is 8.36. The van der Waals surface area contributed by atoms with E-state index in [2.05, 4.69) is 45.6 Å². The average Bonchev–Trinajstić information content (AvgIpc) is 3.15. The van der Waals surface area contributed by atoms with Crippen molar-refractivity contribution >= 4 is 27.4 Å². The van der Waals surface area contributed by atoms with Gasteiger partial charge in [-0.2, -0.15) is 0 Å². The third-order valence-corrected chi connectivity index (χ3v) is 6.68. The first-order valence-electron chi connectivity index (χ1n) is 10.0. The minimum atomic E-state index is -0.528. The Balaban J connectivity index is 1.39. The molecule has 0 spiro atoms. The van der Waals surface area contributed by atoms with Gasteiger partial charge in [-0.15, -0.1) is 11.3 Å². The molecule has 1 fully saturated rings. The molecule has 2 heterocycles. The minimum Gasteiger partial charge on any atom is -0.386 e. The number of hydrogen-bond donors (Lipinski definition) is 3. The molecule has 1 aliphatic heterocycles. The number of hydrogen-bond acceptors (Lipinski definition) is 4. The van der Waals surface area contributed by atoms with Crippen LogP contribution in [0.15, 0.2) is 35.3 Å². The predicted molar refractivity (Wildman–Crippen MR) is 116 cm³/mol. The van der Waals surface area contributed by atoms with Crippen LogP contribution in [0.2, 0.25) is 0 Å². The molecule has 1 aromatic heterocycles. The molecule has 3 N–H and O–H groups in total. The van der Waals surface area contributed by atoms with Crippen LogP contribution in [-0.4, -0.2) is 55.7 Å². The van der Waals surface area contributed by atoms with Crippen LogP contribution < -0.4 is 10.6 Å². The van der Waals surface area contributed by atoms with Crippen molar-refractivity contribution in [3.05, 3.63) is 35.2 Å². The summed E-state index contributed by atoms with van der Waals surface area (Å²) in [5, 5.41) is 18.3. The molecular weight excluding hydrogens is 356 g/mol. The van der Waals surface area contributed by atoms with E-state index in [1.165, 1.54) is 49.0 Å². The van der Waals surface area contributed by atoms with Gasteiger partial charge in [0.25, 0.3) is 0 Å². The monoisotopic (exact) mass is 388 g/mol. The summed E-state index contributed by atoms with van der Waals surface area (Å²) in [6, 6.07) is 10.3. The van der Waals surface area contributed by atoms with Gasteiger partial charge in [-0.1, -0.05) is 25.1 Å². The van der Waals surface area contributed by atoms with Crippen LogP contribution in [0, 0.1) is 5.92 Å². The number of aliphatic hydroxyl groups excluding tert-OH is 1. The first kappa shape index (κ1) is 20.1. The number of nitrogens with one attached hydrogen (secondary N) is 2. The fourth-order valence-electron chi connectivity index (χ4n) is 3.67. The highest BCUT2D eigenvalue weighted by atomic mass is 32.1. The number of likely N-dealkylation sites (tertiary alicyclic amines) is 1. The highest BCUT2D eigenvalue weighted by molar-refractivity contribution is 7.19. The molecule has 3 rings (SSSR count). The Morgan fingerprint density at radius 2 is 2.07 bits per heavy atom. The topological polar surface area (TPSA) is 59.9 Å². The molecule has 1 saturated heterocycles. The zero-order valence-electron chi connectivity index (χ0n) is 16.4. The third-order valence-electron chi connectivity index (χ3n) is 5.46. The normalized spacial score (nSPS) is 18.0. The van der Waals surface area contributed by atoms with E-state index in [9.17, 15) is 5.11 Å². The van der Waals surface area contributed by atoms with E-state index in [-0.39, 0.29) is 0 Å². The first-order valence-corrected chi connectivity index (χ1v) is 10.8. The van der Waals surface area contributed by atoms with Crippen molar-refractivity contribution < 1.29 is 5.11 Å². The van der Waals surface area contributed by atoms with E-state index in [0.29, 0.717) is 6.54 Å². The molecule has 1 atom stereocenters.